The predicted molar refractivity (Wildman–Crippen MR) is 124 cm³/mol. The highest BCUT2D eigenvalue weighted by Gasteiger charge is 2.18. The summed E-state index contributed by atoms with van der Waals surface area (Å²) in [5.74, 6) is 0.259. The van der Waals surface area contributed by atoms with E-state index < -0.39 is 0 Å². The highest BCUT2D eigenvalue weighted by Crippen LogP contribution is 2.15. The van der Waals surface area contributed by atoms with Crippen LogP contribution in [-0.4, -0.2) is 54.7 Å². The number of unbranched alkanes of at least 4 members (excludes halogenated alkanes) is 1. The molecular formula is C23H27N3O4S. The number of morpholine rings is 1. The van der Waals surface area contributed by atoms with E-state index in [1.165, 1.54) is 0 Å². The number of hydrogen-bond acceptors (Lipinski definition) is 5. The summed E-state index contributed by atoms with van der Waals surface area (Å²) < 4.78 is 10.9. The van der Waals surface area contributed by atoms with Gasteiger partial charge in [-0.25, -0.2) is 0 Å². The van der Waals surface area contributed by atoms with Gasteiger partial charge in [0, 0.05) is 29.9 Å². The maximum Gasteiger partial charge on any atom is 0.257 e. The van der Waals surface area contributed by atoms with Gasteiger partial charge in [0.05, 0.1) is 19.8 Å². The minimum atomic E-state index is -0.334. The Labute approximate surface area is 187 Å². The van der Waals surface area contributed by atoms with Crippen molar-refractivity contribution in [2.75, 3.05) is 38.2 Å². The molecule has 0 aliphatic carbocycles. The summed E-state index contributed by atoms with van der Waals surface area (Å²) in [5, 5.41) is 5.79. The highest BCUT2D eigenvalue weighted by atomic mass is 32.1. The maximum absolute atomic E-state index is 12.7. The lowest BCUT2D eigenvalue weighted by atomic mass is 10.1. The zero-order valence-corrected chi connectivity index (χ0v) is 18.4. The van der Waals surface area contributed by atoms with Gasteiger partial charge < -0.3 is 19.7 Å². The minimum Gasteiger partial charge on any atom is -0.494 e. The topological polar surface area (TPSA) is 79.9 Å². The van der Waals surface area contributed by atoms with Crippen LogP contribution in [-0.2, 0) is 4.74 Å². The Bertz CT molecular complexity index is 929. The molecule has 0 radical (unpaired) electrons. The maximum atomic E-state index is 12.7. The van der Waals surface area contributed by atoms with E-state index in [0.717, 1.165) is 12.8 Å². The second kappa shape index (κ2) is 11.4. The molecule has 3 rings (SSSR count). The molecule has 0 unspecified atom stereocenters. The van der Waals surface area contributed by atoms with Crippen LogP contribution in [0, 0.1) is 0 Å². The van der Waals surface area contributed by atoms with Crippen molar-refractivity contribution in [3.63, 3.8) is 0 Å². The van der Waals surface area contributed by atoms with Gasteiger partial charge in [0.1, 0.15) is 5.75 Å². The second-order valence-electron chi connectivity index (χ2n) is 7.12. The van der Waals surface area contributed by atoms with Gasteiger partial charge in [-0.15, -0.1) is 0 Å². The van der Waals surface area contributed by atoms with Crippen molar-refractivity contribution in [2.24, 2.45) is 0 Å². The van der Waals surface area contributed by atoms with Crippen LogP contribution in [0.4, 0.5) is 5.69 Å². The molecule has 1 aliphatic heterocycles. The SMILES string of the molecule is CCCCOc1cccc(C(=O)NC(=S)Nc2cccc(C(=O)N3CCOCC3)c2)c1. The third-order valence-electron chi connectivity index (χ3n) is 4.76. The molecule has 164 valence electrons. The number of carbonyl (C=O) groups excluding carboxylic acids is 2. The largest absolute Gasteiger partial charge is 0.494 e. The number of benzene rings is 2. The fourth-order valence-electron chi connectivity index (χ4n) is 3.08. The number of amides is 2. The molecule has 2 aromatic rings. The summed E-state index contributed by atoms with van der Waals surface area (Å²) in [6, 6.07) is 14.0. The van der Waals surface area contributed by atoms with E-state index in [9.17, 15) is 9.59 Å². The van der Waals surface area contributed by atoms with Crippen LogP contribution in [0.1, 0.15) is 40.5 Å². The molecule has 31 heavy (non-hydrogen) atoms. The number of rotatable bonds is 7. The molecule has 2 aromatic carbocycles. The van der Waals surface area contributed by atoms with E-state index in [4.69, 9.17) is 21.7 Å². The van der Waals surface area contributed by atoms with Gasteiger partial charge in [-0.3, -0.25) is 14.9 Å². The first-order valence-corrected chi connectivity index (χ1v) is 10.8. The lowest BCUT2D eigenvalue weighted by Gasteiger charge is -2.27. The summed E-state index contributed by atoms with van der Waals surface area (Å²) in [4.78, 5) is 27.0. The number of anilines is 1. The van der Waals surface area contributed by atoms with Gasteiger partial charge in [0.15, 0.2) is 5.11 Å². The number of thiocarbonyl (C=S) groups is 1. The predicted octanol–water partition coefficient (Wildman–Crippen LogP) is 3.46. The second-order valence-corrected chi connectivity index (χ2v) is 7.53. The number of hydrogen-bond donors (Lipinski definition) is 2. The molecule has 2 N–H and O–H groups in total. The lowest BCUT2D eigenvalue weighted by Crippen LogP contribution is -2.40. The summed E-state index contributed by atoms with van der Waals surface area (Å²) in [6.07, 6.45) is 2.00. The van der Waals surface area contributed by atoms with Crippen molar-refractivity contribution >= 4 is 34.8 Å². The highest BCUT2D eigenvalue weighted by molar-refractivity contribution is 7.80. The van der Waals surface area contributed by atoms with Crippen molar-refractivity contribution in [1.29, 1.82) is 0 Å². The van der Waals surface area contributed by atoms with E-state index in [1.807, 2.05) is 6.07 Å². The van der Waals surface area contributed by atoms with E-state index >= 15 is 0 Å². The summed E-state index contributed by atoms with van der Waals surface area (Å²) in [7, 11) is 0. The molecule has 0 spiro atoms. The first-order chi connectivity index (χ1) is 15.1. The summed E-state index contributed by atoms with van der Waals surface area (Å²) in [5.41, 5.74) is 1.63. The minimum absolute atomic E-state index is 0.0539. The molecule has 0 saturated carbocycles. The third kappa shape index (κ3) is 6.77. The van der Waals surface area contributed by atoms with Crippen LogP contribution in [0.5, 0.6) is 5.75 Å². The zero-order chi connectivity index (χ0) is 22.1. The fourth-order valence-corrected chi connectivity index (χ4v) is 3.29. The quantitative estimate of drug-likeness (QED) is 0.506. The molecule has 0 bridgehead atoms. The van der Waals surface area contributed by atoms with Gasteiger partial charge in [-0.05, 0) is 55.0 Å². The Morgan fingerprint density at radius 1 is 1.10 bits per heavy atom. The van der Waals surface area contributed by atoms with E-state index in [1.54, 1.807) is 47.4 Å². The first-order valence-electron chi connectivity index (χ1n) is 10.4. The number of carbonyl (C=O) groups is 2. The summed E-state index contributed by atoms with van der Waals surface area (Å²) >= 11 is 5.28. The van der Waals surface area contributed by atoms with E-state index in [2.05, 4.69) is 17.6 Å². The van der Waals surface area contributed by atoms with Crippen LogP contribution in [0.2, 0.25) is 0 Å². The average molecular weight is 442 g/mol. The average Bonchev–Trinajstić information content (AvgIpc) is 2.79. The molecular weight excluding hydrogens is 414 g/mol. The van der Waals surface area contributed by atoms with Gasteiger partial charge in [0.25, 0.3) is 11.8 Å². The Kier molecular flexibility index (Phi) is 8.37. The van der Waals surface area contributed by atoms with Crippen LogP contribution in [0.15, 0.2) is 48.5 Å². The normalized spacial score (nSPS) is 13.4. The van der Waals surface area contributed by atoms with Gasteiger partial charge in [-0.2, -0.15) is 0 Å². The Balaban J connectivity index is 1.57. The van der Waals surface area contributed by atoms with Gasteiger partial charge in [-0.1, -0.05) is 25.5 Å². The summed E-state index contributed by atoms with van der Waals surface area (Å²) in [6.45, 7) is 4.95. The zero-order valence-electron chi connectivity index (χ0n) is 17.6. The Hall–Kier alpha value is -2.97. The van der Waals surface area contributed by atoms with Crippen LogP contribution >= 0.6 is 12.2 Å². The van der Waals surface area contributed by atoms with Crippen molar-refractivity contribution in [3.8, 4) is 5.75 Å². The van der Waals surface area contributed by atoms with Crippen molar-refractivity contribution in [3.05, 3.63) is 59.7 Å². The van der Waals surface area contributed by atoms with Crippen LogP contribution in [0.25, 0.3) is 0 Å². The fraction of sp³-hybridized carbons (Fsp3) is 0.348. The molecule has 1 aliphatic rings. The standard InChI is InChI=1S/C23H27N3O4S/c1-2-3-12-30-20-9-5-6-17(16-20)21(27)25-23(31)24-19-8-4-7-18(15-19)22(28)26-10-13-29-14-11-26/h4-9,15-16H,2-3,10-14H2,1H3,(H2,24,25,27,31). The third-order valence-corrected chi connectivity index (χ3v) is 4.96. The number of ether oxygens (including phenoxy) is 2. The molecule has 1 saturated heterocycles. The van der Waals surface area contributed by atoms with Gasteiger partial charge >= 0.3 is 0 Å². The number of nitrogens with one attached hydrogen (secondary N) is 2. The molecule has 8 heteroatoms. The monoisotopic (exact) mass is 441 g/mol. The first kappa shape index (κ1) is 22.7. The molecule has 1 fully saturated rings. The van der Waals surface area contributed by atoms with E-state index in [0.29, 0.717) is 55.5 Å². The number of nitrogens with zero attached hydrogens (tertiary/aromatic N) is 1. The van der Waals surface area contributed by atoms with Crippen molar-refractivity contribution in [1.82, 2.24) is 10.2 Å². The smallest absolute Gasteiger partial charge is 0.257 e. The van der Waals surface area contributed by atoms with Crippen LogP contribution < -0.4 is 15.4 Å². The molecule has 1 heterocycles. The Morgan fingerprint density at radius 3 is 2.61 bits per heavy atom. The van der Waals surface area contributed by atoms with Gasteiger partial charge in [0.2, 0.25) is 0 Å². The lowest BCUT2D eigenvalue weighted by molar-refractivity contribution is 0.0303. The van der Waals surface area contributed by atoms with E-state index in [-0.39, 0.29) is 16.9 Å². The van der Waals surface area contributed by atoms with Crippen molar-refractivity contribution in [2.45, 2.75) is 19.8 Å². The van der Waals surface area contributed by atoms with Crippen molar-refractivity contribution < 1.29 is 19.1 Å². The van der Waals surface area contributed by atoms with Crippen LogP contribution in [0.3, 0.4) is 0 Å². The molecule has 7 nitrogen and oxygen atoms in total. The Morgan fingerprint density at radius 2 is 1.84 bits per heavy atom. The molecule has 0 atom stereocenters. The molecule has 2 amide bonds. The molecule has 0 aromatic heterocycles.